The topological polar surface area (TPSA) is 198 Å². The molecule has 2 aromatic rings. The van der Waals surface area contributed by atoms with Gasteiger partial charge in [0.25, 0.3) is 0 Å². The lowest BCUT2D eigenvalue weighted by molar-refractivity contribution is -0.159. The van der Waals surface area contributed by atoms with Crippen LogP contribution < -0.4 is 5.32 Å². The van der Waals surface area contributed by atoms with Crippen molar-refractivity contribution in [3.05, 3.63) is 35.5 Å². The SMILES string of the molecule is CN1CCN(CC(=O)Nc2c3c(nc4ccccc24)CCC3)CC1.O=C(O)C(=O)O.O=C(O)C(=O)O. The van der Waals surface area contributed by atoms with Crippen LogP contribution in [0.15, 0.2) is 24.3 Å². The molecule has 0 atom stereocenters. The summed E-state index contributed by atoms with van der Waals surface area (Å²) in [6, 6.07) is 8.12. The number of carboxylic acids is 4. The summed E-state index contributed by atoms with van der Waals surface area (Å²) < 4.78 is 0. The molecule has 4 rings (SSSR count). The van der Waals surface area contributed by atoms with E-state index in [0.717, 1.165) is 67.7 Å². The minimum atomic E-state index is -1.82. The number of para-hydroxylation sites is 1. The molecule has 0 radical (unpaired) electrons. The van der Waals surface area contributed by atoms with Crippen LogP contribution in [-0.2, 0) is 36.8 Å². The van der Waals surface area contributed by atoms with Gasteiger partial charge in [-0.05, 0) is 37.9 Å². The summed E-state index contributed by atoms with van der Waals surface area (Å²) in [6.07, 6.45) is 3.15. The van der Waals surface area contributed by atoms with Gasteiger partial charge in [0.05, 0.1) is 17.7 Å². The molecule has 1 aromatic carbocycles. The first-order chi connectivity index (χ1) is 17.0. The van der Waals surface area contributed by atoms with E-state index in [2.05, 4.69) is 28.2 Å². The predicted molar refractivity (Wildman–Crippen MR) is 127 cm³/mol. The molecule has 36 heavy (non-hydrogen) atoms. The van der Waals surface area contributed by atoms with Crippen molar-refractivity contribution >= 4 is 46.4 Å². The first-order valence-corrected chi connectivity index (χ1v) is 11.0. The van der Waals surface area contributed by atoms with Crippen LogP contribution in [0.4, 0.5) is 5.69 Å². The number of rotatable bonds is 3. The number of anilines is 1. The van der Waals surface area contributed by atoms with Crippen molar-refractivity contribution in [1.29, 1.82) is 0 Å². The van der Waals surface area contributed by atoms with Crippen molar-refractivity contribution < 1.29 is 44.4 Å². The smallest absolute Gasteiger partial charge is 0.414 e. The average Bonchev–Trinajstić information content (AvgIpc) is 3.29. The summed E-state index contributed by atoms with van der Waals surface area (Å²) in [5.41, 5.74) is 4.37. The molecule has 0 spiro atoms. The molecule has 1 aromatic heterocycles. The van der Waals surface area contributed by atoms with Gasteiger partial charge in [0.2, 0.25) is 5.91 Å². The molecule has 1 aliphatic carbocycles. The molecule has 1 fully saturated rings. The summed E-state index contributed by atoms with van der Waals surface area (Å²) in [4.78, 5) is 58.3. The fourth-order valence-electron chi connectivity index (χ4n) is 3.74. The Bertz CT molecular complexity index is 1100. The molecular formula is C23H28N4O9. The van der Waals surface area contributed by atoms with Crippen molar-refractivity contribution in [3.8, 4) is 0 Å². The Labute approximate surface area is 205 Å². The van der Waals surface area contributed by atoms with Crippen LogP contribution in [0.1, 0.15) is 17.7 Å². The number of fused-ring (bicyclic) bond motifs is 2. The Morgan fingerprint density at radius 2 is 1.42 bits per heavy atom. The summed E-state index contributed by atoms with van der Waals surface area (Å²) in [5, 5.41) is 33.8. The molecule has 2 heterocycles. The molecule has 0 saturated carbocycles. The number of nitrogens with one attached hydrogen (secondary N) is 1. The van der Waals surface area contributed by atoms with Crippen LogP contribution in [0.5, 0.6) is 0 Å². The number of carboxylic acid groups (broad SMARTS) is 4. The summed E-state index contributed by atoms with van der Waals surface area (Å²) in [6.45, 7) is 4.44. The molecule has 194 valence electrons. The molecule has 1 aliphatic heterocycles. The number of pyridine rings is 1. The lowest BCUT2D eigenvalue weighted by Gasteiger charge is -2.31. The number of hydrogen-bond donors (Lipinski definition) is 5. The monoisotopic (exact) mass is 504 g/mol. The summed E-state index contributed by atoms with van der Waals surface area (Å²) in [7, 11) is 2.13. The van der Waals surface area contributed by atoms with Crippen LogP contribution >= 0.6 is 0 Å². The number of amides is 1. The number of nitrogens with zero attached hydrogens (tertiary/aromatic N) is 3. The highest BCUT2D eigenvalue weighted by atomic mass is 16.4. The molecule has 2 aliphatic rings. The zero-order valence-electron chi connectivity index (χ0n) is 19.6. The molecule has 0 unspecified atom stereocenters. The maximum atomic E-state index is 12.6. The van der Waals surface area contributed by atoms with Gasteiger partial charge in [-0.15, -0.1) is 0 Å². The van der Waals surface area contributed by atoms with E-state index in [1.807, 2.05) is 18.2 Å². The zero-order chi connectivity index (χ0) is 26.8. The van der Waals surface area contributed by atoms with E-state index in [1.54, 1.807) is 0 Å². The van der Waals surface area contributed by atoms with Crippen molar-refractivity contribution in [1.82, 2.24) is 14.8 Å². The highest BCUT2D eigenvalue weighted by Gasteiger charge is 2.22. The van der Waals surface area contributed by atoms with Gasteiger partial charge >= 0.3 is 23.9 Å². The number of aromatic nitrogens is 1. The second-order valence-electron chi connectivity index (χ2n) is 8.13. The maximum absolute atomic E-state index is 12.6. The van der Waals surface area contributed by atoms with E-state index in [1.165, 1.54) is 5.56 Å². The lowest BCUT2D eigenvalue weighted by atomic mass is 10.1. The van der Waals surface area contributed by atoms with E-state index in [4.69, 9.17) is 44.6 Å². The number of likely N-dealkylation sites (N-methyl/N-ethyl adjacent to an activating group) is 1. The van der Waals surface area contributed by atoms with Crippen molar-refractivity contribution in [3.63, 3.8) is 0 Å². The van der Waals surface area contributed by atoms with Gasteiger partial charge in [0.1, 0.15) is 0 Å². The van der Waals surface area contributed by atoms with Crippen LogP contribution in [0.3, 0.4) is 0 Å². The second-order valence-corrected chi connectivity index (χ2v) is 8.13. The van der Waals surface area contributed by atoms with Gasteiger partial charge in [-0.3, -0.25) is 14.7 Å². The van der Waals surface area contributed by atoms with Crippen LogP contribution in [0, 0.1) is 0 Å². The molecule has 1 saturated heterocycles. The van der Waals surface area contributed by atoms with E-state index >= 15 is 0 Å². The fraction of sp³-hybridized carbons (Fsp3) is 0.391. The number of aryl methyl sites for hydroxylation is 1. The Kier molecular flexibility index (Phi) is 10.2. The number of benzene rings is 1. The Hall–Kier alpha value is -4.10. The molecular weight excluding hydrogens is 476 g/mol. The highest BCUT2D eigenvalue weighted by Crippen LogP contribution is 2.33. The van der Waals surface area contributed by atoms with Crippen molar-refractivity contribution in [2.75, 3.05) is 45.1 Å². The van der Waals surface area contributed by atoms with Crippen molar-refractivity contribution in [2.45, 2.75) is 19.3 Å². The lowest BCUT2D eigenvalue weighted by Crippen LogP contribution is -2.47. The minimum Gasteiger partial charge on any atom is -0.473 e. The molecule has 1 amide bonds. The number of hydrogen-bond acceptors (Lipinski definition) is 8. The van der Waals surface area contributed by atoms with Crippen LogP contribution in [-0.4, -0.2) is 105 Å². The number of piperazine rings is 1. The highest BCUT2D eigenvalue weighted by molar-refractivity contribution is 6.27. The van der Waals surface area contributed by atoms with Gasteiger partial charge < -0.3 is 30.6 Å². The minimum absolute atomic E-state index is 0.0880. The van der Waals surface area contributed by atoms with Gasteiger partial charge in [-0.2, -0.15) is 0 Å². The summed E-state index contributed by atoms with van der Waals surface area (Å²) in [5.74, 6) is -7.21. The largest absolute Gasteiger partial charge is 0.473 e. The van der Waals surface area contributed by atoms with E-state index < -0.39 is 23.9 Å². The van der Waals surface area contributed by atoms with Crippen LogP contribution in [0.2, 0.25) is 0 Å². The standard InChI is InChI=1S/C19H24N4O.2C2H2O4/c1-22-9-11-23(12-10-22)13-18(24)21-19-14-5-2-3-7-16(14)20-17-8-4-6-15(17)19;2*3-1(4)2(5)6/h2-3,5,7H,4,6,8-13H2,1H3,(H,20,21,24);2*(H,3,4)(H,5,6). The van der Waals surface area contributed by atoms with E-state index in [9.17, 15) is 4.79 Å². The molecule has 0 bridgehead atoms. The number of carbonyl (C=O) groups excluding carboxylic acids is 1. The maximum Gasteiger partial charge on any atom is 0.414 e. The van der Waals surface area contributed by atoms with Gasteiger partial charge in [0, 0.05) is 37.3 Å². The van der Waals surface area contributed by atoms with E-state index in [-0.39, 0.29) is 5.91 Å². The van der Waals surface area contributed by atoms with E-state index in [0.29, 0.717) is 6.54 Å². The Morgan fingerprint density at radius 1 is 0.861 bits per heavy atom. The van der Waals surface area contributed by atoms with Gasteiger partial charge in [-0.1, -0.05) is 18.2 Å². The van der Waals surface area contributed by atoms with Gasteiger partial charge in [-0.25, -0.2) is 19.2 Å². The normalized spacial score (nSPS) is 14.9. The zero-order valence-corrected chi connectivity index (χ0v) is 19.6. The fourth-order valence-corrected chi connectivity index (χ4v) is 3.74. The van der Waals surface area contributed by atoms with Crippen molar-refractivity contribution in [2.24, 2.45) is 0 Å². The average molecular weight is 504 g/mol. The quantitative estimate of drug-likeness (QED) is 0.357. The first-order valence-electron chi connectivity index (χ1n) is 11.0. The third-order valence-electron chi connectivity index (χ3n) is 5.51. The Morgan fingerprint density at radius 3 is 1.97 bits per heavy atom. The summed E-state index contributed by atoms with van der Waals surface area (Å²) >= 11 is 0. The molecule has 13 nitrogen and oxygen atoms in total. The predicted octanol–water partition coefficient (Wildman–Crippen LogP) is 0.221. The molecule has 5 N–H and O–H groups in total. The number of carbonyl (C=O) groups is 5. The van der Waals surface area contributed by atoms with Gasteiger partial charge in [0.15, 0.2) is 0 Å². The second kappa shape index (κ2) is 13.1. The Balaban J connectivity index is 0.000000319. The van der Waals surface area contributed by atoms with Crippen LogP contribution in [0.25, 0.3) is 10.9 Å². The molecule has 13 heteroatoms. The third-order valence-corrected chi connectivity index (χ3v) is 5.51. The first kappa shape index (κ1) is 28.1. The number of aliphatic carboxylic acids is 4. The third kappa shape index (κ3) is 8.29.